The van der Waals surface area contributed by atoms with Gasteiger partial charge in [-0.2, -0.15) is 0 Å². The average molecular weight is 296 g/mol. The maximum absolute atomic E-state index is 12.5. The minimum Gasteiger partial charge on any atom is -0.480 e. The van der Waals surface area contributed by atoms with Crippen molar-refractivity contribution in [3.63, 3.8) is 0 Å². The Labute approximate surface area is 127 Å². The van der Waals surface area contributed by atoms with Crippen LogP contribution in [0.4, 0.5) is 4.79 Å². The molecule has 3 unspecified atom stereocenters. The molecule has 5 nitrogen and oxygen atoms in total. The molecule has 1 heterocycles. The predicted molar refractivity (Wildman–Crippen MR) is 81.1 cm³/mol. The number of likely N-dealkylation sites (tertiary alicyclic amines) is 1. The summed E-state index contributed by atoms with van der Waals surface area (Å²) in [4.78, 5) is 25.4. The van der Waals surface area contributed by atoms with Crippen LogP contribution in [-0.4, -0.2) is 40.6 Å². The van der Waals surface area contributed by atoms with Crippen LogP contribution in [-0.2, 0) is 4.79 Å². The van der Waals surface area contributed by atoms with Crippen LogP contribution < -0.4 is 5.32 Å². The zero-order valence-electron chi connectivity index (χ0n) is 13.2. The van der Waals surface area contributed by atoms with Gasteiger partial charge >= 0.3 is 12.0 Å². The third kappa shape index (κ3) is 3.89. The van der Waals surface area contributed by atoms with Gasteiger partial charge in [0.05, 0.1) is 0 Å². The van der Waals surface area contributed by atoms with Crippen molar-refractivity contribution in [1.82, 2.24) is 10.2 Å². The van der Waals surface area contributed by atoms with Crippen LogP contribution in [0.3, 0.4) is 0 Å². The number of carboxylic acids is 1. The molecule has 2 rings (SSSR count). The second-order valence-electron chi connectivity index (χ2n) is 6.73. The molecule has 0 spiro atoms. The van der Waals surface area contributed by atoms with Crippen LogP contribution in [0.25, 0.3) is 0 Å². The molecule has 3 atom stereocenters. The van der Waals surface area contributed by atoms with E-state index in [0.717, 1.165) is 12.8 Å². The van der Waals surface area contributed by atoms with E-state index in [1.54, 1.807) is 0 Å². The van der Waals surface area contributed by atoms with E-state index in [1.165, 1.54) is 37.0 Å². The monoisotopic (exact) mass is 296 g/mol. The molecule has 0 bridgehead atoms. The number of hydrogen-bond donors (Lipinski definition) is 2. The molecule has 0 aromatic carbocycles. The predicted octanol–water partition coefficient (Wildman–Crippen LogP) is 2.85. The number of aliphatic carboxylic acids is 1. The lowest BCUT2D eigenvalue weighted by Crippen LogP contribution is -2.57. The van der Waals surface area contributed by atoms with Gasteiger partial charge in [0.1, 0.15) is 6.04 Å². The molecule has 2 aliphatic rings. The van der Waals surface area contributed by atoms with Crippen molar-refractivity contribution in [2.45, 2.75) is 70.9 Å². The van der Waals surface area contributed by atoms with E-state index in [2.05, 4.69) is 12.2 Å². The molecule has 2 amide bonds. The summed E-state index contributed by atoms with van der Waals surface area (Å²) in [7, 11) is 0. The smallest absolute Gasteiger partial charge is 0.326 e. The summed E-state index contributed by atoms with van der Waals surface area (Å²) in [6, 6.07) is -0.756. The normalized spacial score (nSPS) is 29.0. The number of amides is 2. The highest BCUT2D eigenvalue weighted by Crippen LogP contribution is 2.27. The van der Waals surface area contributed by atoms with Gasteiger partial charge in [-0.1, -0.05) is 26.2 Å². The van der Waals surface area contributed by atoms with Crippen LogP contribution >= 0.6 is 0 Å². The van der Waals surface area contributed by atoms with Gasteiger partial charge < -0.3 is 15.3 Å². The van der Waals surface area contributed by atoms with Gasteiger partial charge in [-0.15, -0.1) is 0 Å². The Morgan fingerprint density at radius 3 is 2.43 bits per heavy atom. The highest BCUT2D eigenvalue weighted by atomic mass is 16.4. The molecule has 1 aliphatic carbocycles. The number of rotatable bonds is 3. The molecule has 0 aromatic rings. The number of nitrogens with one attached hydrogen (secondary N) is 1. The molecular weight excluding hydrogens is 268 g/mol. The average Bonchev–Trinajstić information content (AvgIpc) is 2.47. The summed E-state index contributed by atoms with van der Waals surface area (Å²) in [5.74, 6) is -0.331. The molecule has 1 saturated carbocycles. The Bertz CT molecular complexity index is 380. The van der Waals surface area contributed by atoms with Crippen molar-refractivity contribution in [3.8, 4) is 0 Å². The largest absolute Gasteiger partial charge is 0.480 e. The summed E-state index contributed by atoms with van der Waals surface area (Å²) in [6.07, 6.45) is 7.87. The summed E-state index contributed by atoms with van der Waals surface area (Å²) in [5, 5.41) is 12.4. The number of hydrogen-bond acceptors (Lipinski definition) is 2. The zero-order valence-corrected chi connectivity index (χ0v) is 13.2. The molecule has 1 aliphatic heterocycles. The fourth-order valence-electron chi connectivity index (χ4n) is 3.82. The van der Waals surface area contributed by atoms with Crippen LogP contribution in [0.15, 0.2) is 0 Å². The van der Waals surface area contributed by atoms with Crippen molar-refractivity contribution in [2.75, 3.05) is 6.54 Å². The van der Waals surface area contributed by atoms with Crippen LogP contribution in [0.5, 0.6) is 0 Å². The van der Waals surface area contributed by atoms with Gasteiger partial charge in [-0.3, -0.25) is 0 Å². The van der Waals surface area contributed by atoms with E-state index in [9.17, 15) is 14.7 Å². The number of urea groups is 1. The maximum atomic E-state index is 12.5. The highest BCUT2D eigenvalue weighted by Gasteiger charge is 2.37. The summed E-state index contributed by atoms with van der Waals surface area (Å²) >= 11 is 0. The third-order valence-corrected chi connectivity index (χ3v) is 5.16. The first-order valence-electron chi connectivity index (χ1n) is 8.30. The molecule has 1 saturated heterocycles. The van der Waals surface area contributed by atoms with E-state index < -0.39 is 12.0 Å². The SMILES string of the molecule is CC1CCCN(C(=O)NC(C)C2CCCCC2)C1C(=O)O. The summed E-state index contributed by atoms with van der Waals surface area (Å²) in [5.41, 5.74) is 0. The fraction of sp³-hybridized carbons (Fsp3) is 0.875. The molecule has 120 valence electrons. The van der Waals surface area contributed by atoms with Gasteiger partial charge in [0.2, 0.25) is 0 Å². The minimum absolute atomic E-state index is 0.0204. The van der Waals surface area contributed by atoms with Crippen molar-refractivity contribution < 1.29 is 14.7 Å². The summed E-state index contributed by atoms with van der Waals surface area (Å²) in [6.45, 7) is 4.52. The lowest BCUT2D eigenvalue weighted by Gasteiger charge is -2.38. The fourth-order valence-corrected chi connectivity index (χ4v) is 3.82. The number of carbonyl (C=O) groups excluding carboxylic acids is 1. The molecule has 5 heteroatoms. The first-order chi connectivity index (χ1) is 10.0. The molecule has 0 radical (unpaired) electrons. The Kier molecular flexibility index (Phi) is 5.48. The summed E-state index contributed by atoms with van der Waals surface area (Å²) < 4.78 is 0. The van der Waals surface area contributed by atoms with E-state index >= 15 is 0 Å². The van der Waals surface area contributed by atoms with Crippen LogP contribution in [0.1, 0.15) is 58.8 Å². The molecule has 2 fully saturated rings. The zero-order chi connectivity index (χ0) is 15.4. The Hall–Kier alpha value is -1.26. The number of nitrogens with zero attached hydrogens (tertiary/aromatic N) is 1. The van der Waals surface area contributed by atoms with Gasteiger partial charge in [-0.05, 0) is 44.4 Å². The van der Waals surface area contributed by atoms with E-state index in [-0.39, 0.29) is 18.0 Å². The van der Waals surface area contributed by atoms with E-state index in [4.69, 9.17) is 0 Å². The van der Waals surface area contributed by atoms with Gasteiger partial charge in [-0.25, -0.2) is 9.59 Å². The van der Waals surface area contributed by atoms with Crippen molar-refractivity contribution in [1.29, 1.82) is 0 Å². The quantitative estimate of drug-likeness (QED) is 0.841. The van der Waals surface area contributed by atoms with Crippen LogP contribution in [0.2, 0.25) is 0 Å². The third-order valence-electron chi connectivity index (χ3n) is 5.16. The number of piperidine rings is 1. The van der Waals surface area contributed by atoms with Gasteiger partial charge in [0.15, 0.2) is 0 Å². The topological polar surface area (TPSA) is 69.6 Å². The first-order valence-corrected chi connectivity index (χ1v) is 8.30. The van der Waals surface area contributed by atoms with Crippen molar-refractivity contribution in [3.05, 3.63) is 0 Å². The number of carbonyl (C=O) groups is 2. The lowest BCUT2D eigenvalue weighted by molar-refractivity contribution is -0.145. The second-order valence-corrected chi connectivity index (χ2v) is 6.73. The maximum Gasteiger partial charge on any atom is 0.326 e. The standard InChI is InChI=1S/C16H28N2O3/c1-11-7-6-10-18(14(11)15(19)20)16(21)17-12(2)13-8-4-3-5-9-13/h11-14H,3-10H2,1-2H3,(H,17,21)(H,19,20). The highest BCUT2D eigenvalue weighted by molar-refractivity contribution is 5.83. The molecule has 0 aromatic heterocycles. The molecule has 21 heavy (non-hydrogen) atoms. The second kappa shape index (κ2) is 7.14. The number of carboxylic acid groups (broad SMARTS) is 1. The Morgan fingerprint density at radius 2 is 1.81 bits per heavy atom. The minimum atomic E-state index is -0.886. The van der Waals surface area contributed by atoms with Crippen LogP contribution in [0, 0.1) is 11.8 Å². The Balaban J connectivity index is 1.95. The molecular formula is C16H28N2O3. The van der Waals surface area contributed by atoms with Crippen molar-refractivity contribution in [2.24, 2.45) is 11.8 Å². The van der Waals surface area contributed by atoms with E-state index in [0.29, 0.717) is 12.5 Å². The van der Waals surface area contributed by atoms with Crippen molar-refractivity contribution >= 4 is 12.0 Å². The van der Waals surface area contributed by atoms with Gasteiger partial charge in [0.25, 0.3) is 0 Å². The Morgan fingerprint density at radius 1 is 1.14 bits per heavy atom. The molecule has 2 N–H and O–H groups in total. The first kappa shape index (κ1) is 16.1. The lowest BCUT2D eigenvalue weighted by atomic mass is 9.84. The van der Waals surface area contributed by atoms with Gasteiger partial charge in [0, 0.05) is 12.6 Å². The van der Waals surface area contributed by atoms with E-state index in [1.807, 2.05) is 6.92 Å².